The number of carbonyl (C=O) groups is 1. The van der Waals surface area contributed by atoms with Gasteiger partial charge in [-0.25, -0.2) is 0 Å². The number of hydrogen-bond donors (Lipinski definition) is 3. The number of hydrogen-bond acceptors (Lipinski definition) is 5. The van der Waals surface area contributed by atoms with Crippen molar-refractivity contribution in [2.24, 2.45) is 0 Å². The molecule has 1 heterocycles. The number of fused-ring (bicyclic) bond motifs is 1. The lowest BCUT2D eigenvalue weighted by Crippen LogP contribution is -2.58. The summed E-state index contributed by atoms with van der Waals surface area (Å²) in [5.41, 5.74) is 0.429. The van der Waals surface area contributed by atoms with Crippen LogP contribution in [-0.4, -0.2) is 51.6 Å². The Labute approximate surface area is 127 Å². The summed E-state index contributed by atoms with van der Waals surface area (Å²) in [6, 6.07) is 12.8. The Balaban J connectivity index is 1.99. The van der Waals surface area contributed by atoms with Gasteiger partial charge in [0.05, 0.1) is 6.10 Å². The first-order valence-corrected chi connectivity index (χ1v) is 7.22. The van der Waals surface area contributed by atoms with Crippen molar-refractivity contribution < 1.29 is 24.9 Å². The van der Waals surface area contributed by atoms with Gasteiger partial charge in [0, 0.05) is 5.56 Å². The van der Waals surface area contributed by atoms with Crippen LogP contribution in [0.1, 0.15) is 17.3 Å². The predicted molar refractivity (Wildman–Crippen MR) is 80.6 cm³/mol. The van der Waals surface area contributed by atoms with E-state index in [-0.39, 0.29) is 0 Å². The molecule has 3 rings (SSSR count). The van der Waals surface area contributed by atoms with Crippen molar-refractivity contribution in [1.29, 1.82) is 0 Å². The van der Waals surface area contributed by atoms with Crippen molar-refractivity contribution >= 4 is 16.6 Å². The van der Waals surface area contributed by atoms with Gasteiger partial charge in [0.25, 0.3) is 0 Å². The molecule has 0 aromatic heterocycles. The number of aliphatic hydroxyl groups excluding tert-OH is 3. The highest BCUT2D eigenvalue weighted by molar-refractivity contribution is 6.10. The van der Waals surface area contributed by atoms with Crippen molar-refractivity contribution in [2.75, 3.05) is 0 Å². The summed E-state index contributed by atoms with van der Waals surface area (Å²) in [5.74, 6) is -0.401. The zero-order valence-corrected chi connectivity index (χ0v) is 12.1. The van der Waals surface area contributed by atoms with E-state index in [4.69, 9.17) is 4.74 Å². The lowest BCUT2D eigenvalue weighted by atomic mass is 9.89. The summed E-state index contributed by atoms with van der Waals surface area (Å²) in [6.07, 6.45) is -6.02. The largest absolute Gasteiger partial charge is 0.388 e. The van der Waals surface area contributed by atoms with Crippen LogP contribution in [0, 0.1) is 0 Å². The van der Waals surface area contributed by atoms with Crippen LogP contribution in [0.3, 0.4) is 0 Å². The molecule has 1 saturated heterocycles. The highest BCUT2D eigenvalue weighted by Gasteiger charge is 2.45. The Hall–Kier alpha value is -1.79. The first kappa shape index (κ1) is 15.1. The van der Waals surface area contributed by atoms with Crippen molar-refractivity contribution in [3.05, 3.63) is 48.0 Å². The van der Waals surface area contributed by atoms with Gasteiger partial charge in [0.2, 0.25) is 0 Å². The highest BCUT2D eigenvalue weighted by Crippen LogP contribution is 2.26. The molecule has 0 radical (unpaired) electrons. The number of ether oxygens (including phenoxy) is 1. The molecule has 3 N–H and O–H groups in total. The second-order valence-electron chi connectivity index (χ2n) is 5.62. The smallest absolute Gasteiger partial charge is 0.194 e. The van der Waals surface area contributed by atoms with Gasteiger partial charge in [-0.2, -0.15) is 0 Å². The lowest BCUT2D eigenvalue weighted by molar-refractivity contribution is -0.202. The molecule has 22 heavy (non-hydrogen) atoms. The Morgan fingerprint density at radius 1 is 0.955 bits per heavy atom. The number of aliphatic hydroxyl groups is 3. The van der Waals surface area contributed by atoms with Gasteiger partial charge >= 0.3 is 0 Å². The van der Waals surface area contributed by atoms with E-state index in [1.165, 1.54) is 0 Å². The summed E-state index contributed by atoms with van der Waals surface area (Å²) < 4.78 is 5.44. The topological polar surface area (TPSA) is 87.0 Å². The number of benzene rings is 2. The van der Waals surface area contributed by atoms with Crippen LogP contribution < -0.4 is 0 Å². The van der Waals surface area contributed by atoms with E-state index in [0.717, 1.165) is 10.8 Å². The Bertz CT molecular complexity index is 693. The molecule has 5 atom stereocenters. The van der Waals surface area contributed by atoms with Crippen LogP contribution >= 0.6 is 0 Å². The van der Waals surface area contributed by atoms with Crippen molar-refractivity contribution in [3.8, 4) is 0 Å². The number of rotatable bonds is 2. The van der Waals surface area contributed by atoms with Crippen LogP contribution in [0.4, 0.5) is 0 Å². The molecular formula is C17H18O5. The van der Waals surface area contributed by atoms with Crippen molar-refractivity contribution in [3.63, 3.8) is 0 Å². The molecular weight excluding hydrogens is 284 g/mol. The standard InChI is InChI=1S/C17H18O5/c1-9-13(18)15(20)16(21)17(22-9)14(19)12-8-4-6-10-5-2-3-7-11(10)12/h2-9,13,15-18,20-21H,1H3/t9-,13-,15+,16+,17?/m0/s1. The quantitative estimate of drug-likeness (QED) is 0.717. The minimum absolute atomic E-state index is 0.401. The molecule has 1 aliphatic heterocycles. The average Bonchev–Trinajstić information content (AvgIpc) is 2.55. The maximum absolute atomic E-state index is 12.7. The number of Topliss-reactive ketones (excluding diaryl/α,β-unsaturated/α-hetero) is 1. The van der Waals surface area contributed by atoms with Crippen LogP contribution in [0.2, 0.25) is 0 Å². The van der Waals surface area contributed by atoms with E-state index in [2.05, 4.69) is 0 Å². The van der Waals surface area contributed by atoms with Gasteiger partial charge in [-0.3, -0.25) is 4.79 Å². The Morgan fingerprint density at radius 2 is 1.64 bits per heavy atom. The Morgan fingerprint density at radius 3 is 2.41 bits per heavy atom. The molecule has 5 heteroatoms. The Kier molecular flexibility index (Phi) is 3.97. The second-order valence-corrected chi connectivity index (χ2v) is 5.62. The maximum atomic E-state index is 12.7. The summed E-state index contributed by atoms with van der Waals surface area (Å²) in [7, 11) is 0. The van der Waals surface area contributed by atoms with E-state index >= 15 is 0 Å². The fourth-order valence-corrected chi connectivity index (χ4v) is 2.86. The molecule has 1 aliphatic rings. The zero-order valence-electron chi connectivity index (χ0n) is 12.1. The van der Waals surface area contributed by atoms with E-state index in [0.29, 0.717) is 5.56 Å². The molecule has 0 amide bonds. The van der Waals surface area contributed by atoms with Crippen LogP contribution in [0.5, 0.6) is 0 Å². The summed E-state index contributed by atoms with van der Waals surface area (Å²) in [6.45, 7) is 1.56. The van der Waals surface area contributed by atoms with E-state index in [1.807, 2.05) is 30.3 Å². The summed E-state index contributed by atoms with van der Waals surface area (Å²) >= 11 is 0. The molecule has 0 saturated carbocycles. The third-order valence-electron chi connectivity index (χ3n) is 4.17. The molecule has 5 nitrogen and oxygen atoms in total. The zero-order chi connectivity index (χ0) is 15.9. The molecule has 0 spiro atoms. The molecule has 0 aliphatic carbocycles. The molecule has 116 valence electrons. The van der Waals surface area contributed by atoms with Crippen LogP contribution in [0.15, 0.2) is 42.5 Å². The van der Waals surface area contributed by atoms with Gasteiger partial charge < -0.3 is 20.1 Å². The third kappa shape index (κ3) is 2.42. The summed E-state index contributed by atoms with van der Waals surface area (Å²) in [4.78, 5) is 12.7. The maximum Gasteiger partial charge on any atom is 0.194 e. The minimum atomic E-state index is -1.46. The monoisotopic (exact) mass is 302 g/mol. The number of ketones is 1. The molecule has 1 unspecified atom stereocenters. The summed E-state index contributed by atoms with van der Waals surface area (Å²) in [5, 5.41) is 31.3. The molecule has 2 aromatic carbocycles. The van der Waals surface area contributed by atoms with Crippen LogP contribution in [0.25, 0.3) is 10.8 Å². The number of carbonyl (C=O) groups excluding carboxylic acids is 1. The highest BCUT2D eigenvalue weighted by atomic mass is 16.5. The first-order chi connectivity index (χ1) is 10.5. The van der Waals surface area contributed by atoms with Gasteiger partial charge in [-0.15, -0.1) is 0 Å². The van der Waals surface area contributed by atoms with Gasteiger partial charge in [0.1, 0.15) is 24.4 Å². The van der Waals surface area contributed by atoms with Gasteiger partial charge in [0.15, 0.2) is 5.78 Å². The predicted octanol–water partition coefficient (Wildman–Crippen LogP) is 0.892. The fraction of sp³-hybridized carbons (Fsp3) is 0.353. The van der Waals surface area contributed by atoms with E-state index < -0.39 is 36.3 Å². The molecule has 1 fully saturated rings. The second kappa shape index (κ2) is 5.78. The third-order valence-corrected chi connectivity index (χ3v) is 4.17. The minimum Gasteiger partial charge on any atom is -0.388 e. The SMILES string of the molecule is C[C@@H]1OC(C(=O)c2cccc3ccccc23)[C@H](O)[C@H](O)[C@H]1O. The van der Waals surface area contributed by atoms with Crippen molar-refractivity contribution in [2.45, 2.75) is 37.4 Å². The average molecular weight is 302 g/mol. The van der Waals surface area contributed by atoms with Crippen molar-refractivity contribution in [1.82, 2.24) is 0 Å². The van der Waals surface area contributed by atoms with Crippen LogP contribution in [-0.2, 0) is 4.74 Å². The normalized spacial score (nSPS) is 32.1. The van der Waals surface area contributed by atoms with E-state index in [1.54, 1.807) is 19.1 Å². The fourth-order valence-electron chi connectivity index (χ4n) is 2.86. The first-order valence-electron chi connectivity index (χ1n) is 7.22. The van der Waals surface area contributed by atoms with Gasteiger partial charge in [-0.05, 0) is 17.7 Å². The lowest BCUT2D eigenvalue weighted by Gasteiger charge is -2.38. The molecule has 2 aromatic rings. The van der Waals surface area contributed by atoms with Gasteiger partial charge in [-0.1, -0.05) is 42.5 Å². The van der Waals surface area contributed by atoms with E-state index in [9.17, 15) is 20.1 Å². The molecule has 0 bridgehead atoms.